The Hall–Kier alpha value is -2.99. The van der Waals surface area contributed by atoms with Gasteiger partial charge in [-0.1, -0.05) is 36.3 Å². The summed E-state index contributed by atoms with van der Waals surface area (Å²) in [6.45, 7) is 1.90. The highest BCUT2D eigenvalue weighted by molar-refractivity contribution is 5.94. The molecule has 1 aromatic heterocycles. The highest BCUT2D eigenvalue weighted by Gasteiger charge is 2.25. The number of fused-ring (bicyclic) bond motifs is 1. The van der Waals surface area contributed by atoms with Crippen LogP contribution in [0.2, 0.25) is 0 Å². The van der Waals surface area contributed by atoms with E-state index in [9.17, 15) is 9.90 Å². The average molecular weight is 363 g/mol. The molecule has 138 valence electrons. The third kappa shape index (κ3) is 3.48. The lowest BCUT2D eigenvalue weighted by molar-refractivity contribution is 0.0936. The zero-order valence-electron chi connectivity index (χ0n) is 15.1. The number of hydrogen-bond acceptors (Lipinski definition) is 5. The Morgan fingerprint density at radius 2 is 2.19 bits per heavy atom. The molecule has 4 rings (SSSR count). The van der Waals surface area contributed by atoms with E-state index >= 15 is 0 Å². The smallest absolute Gasteiger partial charge is 0.251 e. The highest BCUT2D eigenvalue weighted by atomic mass is 16.5. The van der Waals surface area contributed by atoms with Crippen LogP contribution in [0.3, 0.4) is 0 Å². The first-order chi connectivity index (χ1) is 13.2. The molecule has 27 heavy (non-hydrogen) atoms. The molecule has 1 atom stereocenters. The predicted octanol–water partition coefficient (Wildman–Crippen LogP) is 3.21. The van der Waals surface area contributed by atoms with Crippen molar-refractivity contribution in [3.05, 3.63) is 70.6 Å². The van der Waals surface area contributed by atoms with E-state index in [0.717, 1.165) is 29.5 Å². The van der Waals surface area contributed by atoms with Crippen LogP contribution in [-0.2, 0) is 19.4 Å². The SMILES string of the molecule is CCc1nc(-c2ccc3c(c2)CCC3NC(=O)c2cccc(CO)c2)no1. The minimum atomic E-state index is -0.127. The second-order valence-corrected chi connectivity index (χ2v) is 6.70. The molecule has 0 fully saturated rings. The van der Waals surface area contributed by atoms with Crippen molar-refractivity contribution >= 4 is 5.91 Å². The highest BCUT2D eigenvalue weighted by Crippen LogP contribution is 2.34. The van der Waals surface area contributed by atoms with Crippen LogP contribution in [-0.4, -0.2) is 21.2 Å². The summed E-state index contributed by atoms with van der Waals surface area (Å²) in [5.41, 5.74) is 4.55. The molecule has 0 aliphatic heterocycles. The van der Waals surface area contributed by atoms with Crippen molar-refractivity contribution in [1.29, 1.82) is 0 Å². The Labute approximate surface area is 157 Å². The van der Waals surface area contributed by atoms with Crippen LogP contribution in [0.4, 0.5) is 0 Å². The fourth-order valence-corrected chi connectivity index (χ4v) is 3.47. The summed E-state index contributed by atoms with van der Waals surface area (Å²) < 4.78 is 5.19. The van der Waals surface area contributed by atoms with Crippen molar-refractivity contribution < 1.29 is 14.4 Å². The molecular weight excluding hydrogens is 342 g/mol. The van der Waals surface area contributed by atoms with Gasteiger partial charge in [-0.25, -0.2) is 0 Å². The van der Waals surface area contributed by atoms with E-state index in [2.05, 4.69) is 21.5 Å². The Morgan fingerprint density at radius 3 is 2.96 bits per heavy atom. The molecule has 6 heteroatoms. The summed E-state index contributed by atoms with van der Waals surface area (Å²) in [4.78, 5) is 17.0. The van der Waals surface area contributed by atoms with Gasteiger partial charge in [0.1, 0.15) is 0 Å². The third-order valence-electron chi connectivity index (χ3n) is 4.93. The number of aryl methyl sites for hydroxylation is 2. The fourth-order valence-electron chi connectivity index (χ4n) is 3.47. The third-order valence-corrected chi connectivity index (χ3v) is 4.93. The first kappa shape index (κ1) is 17.4. The number of aliphatic hydroxyl groups is 1. The summed E-state index contributed by atoms with van der Waals surface area (Å²) >= 11 is 0. The molecule has 1 amide bonds. The van der Waals surface area contributed by atoms with E-state index in [1.165, 1.54) is 5.56 Å². The maximum Gasteiger partial charge on any atom is 0.251 e. The van der Waals surface area contributed by atoms with E-state index in [4.69, 9.17) is 4.52 Å². The standard InChI is InChI=1S/C21H21N3O3/c1-2-19-23-20(24-27-19)15-6-8-17-14(11-15)7-9-18(17)22-21(26)16-5-3-4-13(10-16)12-25/h3-6,8,10-11,18,25H,2,7,9,12H2,1H3,(H,22,26). The van der Waals surface area contributed by atoms with E-state index in [-0.39, 0.29) is 18.6 Å². The van der Waals surface area contributed by atoms with Crippen molar-refractivity contribution in [2.75, 3.05) is 0 Å². The van der Waals surface area contributed by atoms with Crippen molar-refractivity contribution in [2.24, 2.45) is 0 Å². The van der Waals surface area contributed by atoms with Gasteiger partial charge in [0.2, 0.25) is 11.7 Å². The Kier molecular flexibility index (Phi) is 4.73. The predicted molar refractivity (Wildman–Crippen MR) is 100 cm³/mol. The molecule has 3 aromatic rings. The van der Waals surface area contributed by atoms with E-state index in [1.807, 2.05) is 19.1 Å². The van der Waals surface area contributed by atoms with Crippen LogP contribution in [0.5, 0.6) is 0 Å². The van der Waals surface area contributed by atoms with Gasteiger partial charge in [-0.15, -0.1) is 0 Å². The van der Waals surface area contributed by atoms with Crippen molar-refractivity contribution in [3.8, 4) is 11.4 Å². The van der Waals surface area contributed by atoms with Gasteiger partial charge >= 0.3 is 0 Å². The summed E-state index contributed by atoms with van der Waals surface area (Å²) in [6, 6.07) is 13.1. The number of benzene rings is 2. The van der Waals surface area contributed by atoms with Gasteiger partial charge in [-0.05, 0) is 47.7 Å². The van der Waals surface area contributed by atoms with Gasteiger partial charge in [0, 0.05) is 17.5 Å². The zero-order chi connectivity index (χ0) is 18.8. The van der Waals surface area contributed by atoms with E-state index < -0.39 is 0 Å². The van der Waals surface area contributed by atoms with Gasteiger partial charge in [0.15, 0.2) is 0 Å². The van der Waals surface area contributed by atoms with Crippen molar-refractivity contribution in [1.82, 2.24) is 15.5 Å². The fraction of sp³-hybridized carbons (Fsp3) is 0.286. The summed E-state index contributed by atoms with van der Waals surface area (Å²) in [5, 5.41) is 16.4. The van der Waals surface area contributed by atoms with Gasteiger partial charge in [-0.2, -0.15) is 4.98 Å². The zero-order valence-corrected chi connectivity index (χ0v) is 15.1. The first-order valence-electron chi connectivity index (χ1n) is 9.14. The summed E-state index contributed by atoms with van der Waals surface area (Å²) in [6.07, 6.45) is 2.46. The second kappa shape index (κ2) is 7.32. The lowest BCUT2D eigenvalue weighted by Crippen LogP contribution is -2.27. The number of rotatable bonds is 5. The van der Waals surface area contributed by atoms with E-state index in [1.54, 1.807) is 24.3 Å². The normalized spacial score (nSPS) is 15.6. The van der Waals surface area contributed by atoms with Crippen LogP contribution in [0.1, 0.15) is 52.3 Å². The van der Waals surface area contributed by atoms with Crippen LogP contribution in [0.25, 0.3) is 11.4 Å². The lowest BCUT2D eigenvalue weighted by Gasteiger charge is -2.15. The number of aliphatic hydroxyl groups excluding tert-OH is 1. The van der Waals surface area contributed by atoms with Crippen LogP contribution in [0, 0.1) is 0 Å². The largest absolute Gasteiger partial charge is 0.392 e. The minimum absolute atomic E-state index is 0.0178. The Bertz CT molecular complexity index is 980. The number of amides is 1. The monoisotopic (exact) mass is 363 g/mol. The molecule has 0 saturated carbocycles. The Balaban J connectivity index is 1.52. The quantitative estimate of drug-likeness (QED) is 0.727. The summed E-state index contributed by atoms with van der Waals surface area (Å²) in [5.74, 6) is 1.10. The molecule has 2 aromatic carbocycles. The molecule has 1 heterocycles. The molecule has 0 radical (unpaired) electrons. The minimum Gasteiger partial charge on any atom is -0.392 e. The number of carbonyl (C=O) groups excluding carboxylic acids is 1. The average Bonchev–Trinajstić information content (AvgIpc) is 3.35. The number of carbonyl (C=O) groups is 1. The molecule has 1 aliphatic carbocycles. The van der Waals surface area contributed by atoms with Gasteiger partial charge in [0.25, 0.3) is 5.91 Å². The van der Waals surface area contributed by atoms with Crippen molar-refractivity contribution in [3.63, 3.8) is 0 Å². The van der Waals surface area contributed by atoms with Gasteiger partial charge < -0.3 is 14.9 Å². The molecule has 1 unspecified atom stereocenters. The van der Waals surface area contributed by atoms with Gasteiger partial charge in [-0.3, -0.25) is 4.79 Å². The molecular formula is C21H21N3O3. The van der Waals surface area contributed by atoms with Crippen LogP contribution in [0.15, 0.2) is 47.0 Å². The van der Waals surface area contributed by atoms with Gasteiger partial charge in [0.05, 0.1) is 12.6 Å². The van der Waals surface area contributed by atoms with Crippen LogP contribution >= 0.6 is 0 Å². The summed E-state index contributed by atoms with van der Waals surface area (Å²) in [7, 11) is 0. The number of nitrogens with zero attached hydrogens (tertiary/aromatic N) is 2. The molecule has 6 nitrogen and oxygen atoms in total. The molecule has 0 saturated heterocycles. The molecule has 0 spiro atoms. The van der Waals surface area contributed by atoms with Crippen LogP contribution < -0.4 is 5.32 Å². The number of hydrogen-bond donors (Lipinski definition) is 2. The van der Waals surface area contributed by atoms with E-state index in [0.29, 0.717) is 23.7 Å². The molecule has 0 bridgehead atoms. The number of nitrogens with one attached hydrogen (secondary N) is 1. The topological polar surface area (TPSA) is 88.2 Å². The van der Waals surface area contributed by atoms with Crippen molar-refractivity contribution in [2.45, 2.75) is 38.8 Å². The maximum atomic E-state index is 12.6. The first-order valence-corrected chi connectivity index (χ1v) is 9.14. The number of aromatic nitrogens is 2. The lowest BCUT2D eigenvalue weighted by atomic mass is 10.0. The Morgan fingerprint density at radius 1 is 1.30 bits per heavy atom. The second-order valence-electron chi connectivity index (χ2n) is 6.70. The molecule has 1 aliphatic rings. The maximum absolute atomic E-state index is 12.6. The molecule has 2 N–H and O–H groups in total.